The molecule has 71 heavy (non-hydrogen) atoms. The summed E-state index contributed by atoms with van der Waals surface area (Å²) < 4.78 is 18.4. The molecule has 1 fully saturated rings. The highest BCUT2D eigenvalue weighted by atomic mass is 16.5. The molecule has 6 amide bonds. The van der Waals surface area contributed by atoms with Crippen LogP contribution in [-0.4, -0.2) is 114 Å². The molecule has 2 heterocycles. The molecule has 0 saturated heterocycles. The topological polar surface area (TPSA) is 309 Å². The standard InChI is InChI=1S/C51H63N11O9/c1-29-44(30(2)58-46(57-29)33-11-14-36(15-12-33)71-35-8-6-5-7-9-35)49(66)60-39(16-19-43(55)63)51(68)62(4)45-34-13-18-42(70-25-22-54)38(28-34)37-26-32(10-17-41(37)69-24-21-53)27-40(48(65)56-23-20-52)61-47(64)31(3)59-50(45)67/h10-15,17-18,26,28,31,35,39-40,45H,5-9,16,19,21-25,27,53-54H2,1-4H3,(H2,55,63)(H,56,65)(H,59,67)(H,60,66)(H,61,64)/t31?,39-,40?,45?/m0/s1. The van der Waals surface area contributed by atoms with E-state index in [9.17, 15) is 34.0 Å². The molecule has 20 nitrogen and oxygen atoms in total. The summed E-state index contributed by atoms with van der Waals surface area (Å²) in [4.78, 5) is 93.7. The maximum absolute atomic E-state index is 14.9. The quantitative estimate of drug-likeness (QED) is 0.0706. The fraction of sp³-hybridized carbons (Fsp3) is 0.431. The van der Waals surface area contributed by atoms with E-state index in [0.29, 0.717) is 51.0 Å². The zero-order valence-corrected chi connectivity index (χ0v) is 40.5. The Morgan fingerprint density at radius 3 is 2.13 bits per heavy atom. The Morgan fingerprint density at radius 1 is 0.873 bits per heavy atom. The lowest BCUT2D eigenvalue weighted by molar-refractivity contribution is -0.141. The summed E-state index contributed by atoms with van der Waals surface area (Å²) in [5.41, 5.74) is 20.4. The molecule has 6 rings (SSSR count). The summed E-state index contributed by atoms with van der Waals surface area (Å²) >= 11 is 0. The van der Waals surface area contributed by atoms with Gasteiger partial charge in [0.25, 0.3) is 5.91 Å². The number of nitriles is 1. The van der Waals surface area contributed by atoms with Gasteiger partial charge in [0, 0.05) is 49.7 Å². The van der Waals surface area contributed by atoms with Gasteiger partial charge in [0.1, 0.15) is 61.2 Å². The van der Waals surface area contributed by atoms with E-state index in [4.69, 9.17) is 31.4 Å². The molecule has 1 aromatic heterocycles. The van der Waals surface area contributed by atoms with Crippen molar-refractivity contribution >= 4 is 35.4 Å². The third-order valence-corrected chi connectivity index (χ3v) is 12.3. The average molecular weight is 974 g/mol. The second-order valence-corrected chi connectivity index (χ2v) is 17.6. The summed E-state index contributed by atoms with van der Waals surface area (Å²) in [5.74, 6) is -2.59. The zero-order chi connectivity index (χ0) is 51.2. The van der Waals surface area contributed by atoms with Gasteiger partial charge in [-0.2, -0.15) is 5.26 Å². The number of amides is 6. The number of hydrogen-bond acceptors (Lipinski definition) is 14. The summed E-state index contributed by atoms with van der Waals surface area (Å²) in [7, 11) is 1.36. The first-order chi connectivity index (χ1) is 34.1. The van der Waals surface area contributed by atoms with E-state index in [1.54, 1.807) is 50.2 Å². The van der Waals surface area contributed by atoms with Crippen LogP contribution in [0.1, 0.15) is 90.8 Å². The fourth-order valence-electron chi connectivity index (χ4n) is 8.71. The number of primary amides is 1. The monoisotopic (exact) mass is 973 g/mol. The highest BCUT2D eigenvalue weighted by molar-refractivity contribution is 6.01. The van der Waals surface area contributed by atoms with E-state index in [1.165, 1.54) is 20.4 Å². The van der Waals surface area contributed by atoms with Gasteiger partial charge in [-0.15, -0.1) is 0 Å². The predicted octanol–water partition coefficient (Wildman–Crippen LogP) is 2.56. The van der Waals surface area contributed by atoms with Crippen LogP contribution in [0, 0.1) is 25.2 Å². The van der Waals surface area contributed by atoms with Gasteiger partial charge >= 0.3 is 0 Å². The number of carbonyl (C=O) groups excluding carboxylic acids is 6. The minimum Gasteiger partial charge on any atom is -0.492 e. The molecule has 4 aromatic rings. The molecule has 1 aliphatic carbocycles. The Bertz CT molecular complexity index is 2610. The van der Waals surface area contributed by atoms with Crippen molar-refractivity contribution in [1.82, 2.24) is 36.1 Å². The van der Waals surface area contributed by atoms with Crippen molar-refractivity contribution in [3.05, 3.63) is 88.7 Å². The van der Waals surface area contributed by atoms with Crippen molar-refractivity contribution < 1.29 is 43.0 Å². The van der Waals surface area contributed by atoms with Crippen LogP contribution in [0.3, 0.4) is 0 Å². The third kappa shape index (κ3) is 13.6. The Labute approximate surface area is 412 Å². The maximum atomic E-state index is 14.9. The van der Waals surface area contributed by atoms with Gasteiger partial charge in [0.05, 0.1) is 29.1 Å². The van der Waals surface area contributed by atoms with Crippen LogP contribution in [0.5, 0.6) is 17.2 Å². The Balaban J connectivity index is 1.37. The van der Waals surface area contributed by atoms with Gasteiger partial charge < -0.3 is 57.6 Å². The Hall–Kier alpha value is -7.63. The first-order valence-corrected chi connectivity index (χ1v) is 23.8. The molecule has 4 atom stereocenters. The number of rotatable bonds is 18. The highest BCUT2D eigenvalue weighted by Crippen LogP contribution is 2.40. The lowest BCUT2D eigenvalue weighted by Crippen LogP contribution is -2.56. The van der Waals surface area contributed by atoms with Gasteiger partial charge in [-0.25, -0.2) is 9.97 Å². The van der Waals surface area contributed by atoms with Crippen LogP contribution >= 0.6 is 0 Å². The van der Waals surface area contributed by atoms with Crippen molar-refractivity contribution in [1.29, 1.82) is 5.26 Å². The van der Waals surface area contributed by atoms with Crippen molar-refractivity contribution in [2.45, 2.75) is 102 Å². The Morgan fingerprint density at radius 2 is 1.51 bits per heavy atom. The smallest absolute Gasteiger partial charge is 0.255 e. The molecule has 0 spiro atoms. The number of ether oxygens (including phenoxy) is 3. The van der Waals surface area contributed by atoms with Crippen molar-refractivity contribution in [3.63, 3.8) is 0 Å². The van der Waals surface area contributed by atoms with Gasteiger partial charge in [-0.3, -0.25) is 28.8 Å². The van der Waals surface area contributed by atoms with Gasteiger partial charge in [0.15, 0.2) is 5.82 Å². The lowest BCUT2D eigenvalue weighted by Gasteiger charge is -2.32. The predicted molar refractivity (Wildman–Crippen MR) is 262 cm³/mol. The number of hydrogen-bond donors (Lipinski definition) is 7. The second-order valence-electron chi connectivity index (χ2n) is 17.6. The number of nitrogens with two attached hydrogens (primary N) is 3. The minimum atomic E-state index is -1.49. The molecular weight excluding hydrogens is 911 g/mol. The SMILES string of the molecule is Cc1nc(-c2ccc(OC3CCCCC3)cc2)nc(C)c1C(=O)N[C@@H](CCC(N)=O)C(=O)N(C)C1C(=O)NC(C)C(=O)NC(C(=O)NCC#N)Cc2ccc(OCCN)c(c2)-c2cc1ccc2OCCN. The van der Waals surface area contributed by atoms with Crippen molar-refractivity contribution in [2.75, 3.05) is 39.9 Å². The molecule has 2 aliphatic rings. The fourth-order valence-corrected chi connectivity index (χ4v) is 8.71. The number of likely N-dealkylation sites (N-methyl/N-ethyl adjacent to an activating group) is 1. The molecule has 376 valence electrons. The van der Waals surface area contributed by atoms with Crippen LogP contribution in [0.2, 0.25) is 0 Å². The second kappa shape index (κ2) is 24.8. The van der Waals surface area contributed by atoms with E-state index in [-0.39, 0.29) is 69.3 Å². The zero-order valence-electron chi connectivity index (χ0n) is 40.5. The molecule has 1 saturated carbocycles. The van der Waals surface area contributed by atoms with E-state index < -0.39 is 59.6 Å². The van der Waals surface area contributed by atoms with Gasteiger partial charge in [-0.1, -0.05) is 18.6 Å². The molecular formula is C51H63N11O9. The minimum absolute atomic E-state index is 0.0238. The largest absolute Gasteiger partial charge is 0.492 e. The van der Waals surface area contributed by atoms with Crippen molar-refractivity contribution in [2.24, 2.45) is 17.2 Å². The number of nitrogens with one attached hydrogen (secondary N) is 4. The summed E-state index contributed by atoms with van der Waals surface area (Å²) in [6, 6.07) is 13.9. The number of carbonyl (C=O) groups is 6. The number of aryl methyl sites for hydroxylation is 2. The van der Waals surface area contributed by atoms with E-state index in [2.05, 4.69) is 31.2 Å². The van der Waals surface area contributed by atoms with Crippen LogP contribution in [-0.2, 0) is 30.4 Å². The number of aromatic nitrogens is 2. The first-order valence-electron chi connectivity index (χ1n) is 23.8. The molecule has 1 aliphatic heterocycles. The van der Waals surface area contributed by atoms with E-state index in [0.717, 1.165) is 36.3 Å². The van der Waals surface area contributed by atoms with Crippen LogP contribution < -0.4 is 52.7 Å². The average Bonchev–Trinajstić information content (AvgIpc) is 3.35. The molecule has 20 heteroatoms. The molecule has 3 unspecified atom stereocenters. The molecule has 3 aromatic carbocycles. The van der Waals surface area contributed by atoms with E-state index in [1.807, 2.05) is 30.3 Å². The Kier molecular flexibility index (Phi) is 18.4. The van der Waals surface area contributed by atoms with Crippen LogP contribution in [0.25, 0.3) is 22.5 Å². The highest BCUT2D eigenvalue weighted by Gasteiger charge is 2.37. The summed E-state index contributed by atoms with van der Waals surface area (Å²) in [5, 5.41) is 19.8. The van der Waals surface area contributed by atoms with Gasteiger partial charge in [-0.05, 0) is 113 Å². The summed E-state index contributed by atoms with van der Waals surface area (Å²) in [6.45, 7) is 4.96. The van der Waals surface area contributed by atoms with Crippen LogP contribution in [0.15, 0.2) is 60.7 Å². The normalized spacial score (nSPS) is 17.5. The molecule has 0 radical (unpaired) electrons. The summed E-state index contributed by atoms with van der Waals surface area (Å²) in [6.07, 6.45) is 5.16. The van der Waals surface area contributed by atoms with E-state index >= 15 is 0 Å². The maximum Gasteiger partial charge on any atom is 0.255 e. The lowest BCUT2D eigenvalue weighted by atomic mass is 9.93. The van der Waals surface area contributed by atoms with Crippen LogP contribution in [0.4, 0.5) is 0 Å². The number of fused-ring (bicyclic) bond motifs is 5. The molecule has 4 bridgehead atoms. The van der Waals surface area contributed by atoms with Crippen molar-refractivity contribution in [3.8, 4) is 45.8 Å². The first kappa shape index (κ1) is 52.7. The third-order valence-electron chi connectivity index (χ3n) is 12.3. The number of benzene rings is 3. The van der Waals surface area contributed by atoms with Gasteiger partial charge in [0.2, 0.25) is 29.5 Å². The molecule has 10 N–H and O–H groups in total. The number of nitrogens with zero attached hydrogens (tertiary/aromatic N) is 4.